The molecule has 184 valence electrons. The van der Waals surface area contributed by atoms with Crippen molar-refractivity contribution in [3.8, 4) is 5.75 Å². The third-order valence-electron chi connectivity index (χ3n) is 7.08. The number of piperazine rings is 1. The second-order valence-electron chi connectivity index (χ2n) is 9.41. The van der Waals surface area contributed by atoms with Crippen LogP contribution in [0.25, 0.3) is 0 Å². The normalized spacial score (nSPS) is 24.9. The van der Waals surface area contributed by atoms with Gasteiger partial charge in [-0.1, -0.05) is 36.4 Å². The van der Waals surface area contributed by atoms with Crippen molar-refractivity contribution in [3.63, 3.8) is 0 Å². The van der Waals surface area contributed by atoms with Gasteiger partial charge >= 0.3 is 0 Å². The van der Waals surface area contributed by atoms with Gasteiger partial charge in [0, 0.05) is 39.3 Å². The first-order chi connectivity index (χ1) is 17.0. The Labute approximate surface area is 205 Å². The first kappa shape index (κ1) is 23.3. The zero-order valence-corrected chi connectivity index (χ0v) is 19.9. The van der Waals surface area contributed by atoms with E-state index in [1.54, 1.807) is 9.91 Å². The Morgan fingerprint density at radius 3 is 2.23 bits per heavy atom. The lowest BCUT2D eigenvalue weighted by Crippen LogP contribution is -2.59. The maximum absolute atomic E-state index is 13.6. The zero-order valence-electron chi connectivity index (χ0n) is 19.9. The van der Waals surface area contributed by atoms with E-state index in [-0.39, 0.29) is 42.2 Å². The summed E-state index contributed by atoms with van der Waals surface area (Å²) in [6, 6.07) is 18.5. The van der Waals surface area contributed by atoms with Crippen LogP contribution in [0, 0.1) is 11.8 Å². The number of nitrogens with zero attached hydrogens (tertiary/aromatic N) is 4. The van der Waals surface area contributed by atoms with Crippen LogP contribution in [0.4, 0.5) is 5.69 Å². The summed E-state index contributed by atoms with van der Waals surface area (Å²) in [5, 5.41) is 1.60. The van der Waals surface area contributed by atoms with Crippen LogP contribution in [-0.4, -0.2) is 91.4 Å². The van der Waals surface area contributed by atoms with Crippen LogP contribution in [0.5, 0.6) is 5.75 Å². The maximum atomic E-state index is 13.6. The van der Waals surface area contributed by atoms with Gasteiger partial charge in [-0.3, -0.25) is 14.4 Å². The third kappa shape index (κ3) is 4.87. The summed E-state index contributed by atoms with van der Waals surface area (Å²) in [5.41, 5.74) is 4.12. The van der Waals surface area contributed by atoms with Gasteiger partial charge in [0.05, 0.1) is 23.6 Å². The summed E-state index contributed by atoms with van der Waals surface area (Å²) >= 11 is 0. The quantitative estimate of drug-likeness (QED) is 0.687. The van der Waals surface area contributed by atoms with Crippen molar-refractivity contribution >= 4 is 23.4 Å². The summed E-state index contributed by atoms with van der Waals surface area (Å²) in [5.74, 6) is 0.00327. The Kier molecular flexibility index (Phi) is 6.70. The molecule has 3 atom stereocenters. The lowest BCUT2D eigenvalue weighted by Gasteiger charge is -2.41. The number of hydrogen-bond donors (Lipinski definition) is 1. The van der Waals surface area contributed by atoms with E-state index in [4.69, 9.17) is 4.74 Å². The molecule has 3 fully saturated rings. The van der Waals surface area contributed by atoms with Crippen LogP contribution in [0.1, 0.15) is 0 Å². The fraction of sp³-hybridized carbons (Fsp3) is 0.423. The maximum Gasteiger partial charge on any atom is 0.260 e. The number of fused-ring (bicyclic) bond motifs is 1. The highest BCUT2D eigenvalue weighted by Gasteiger charge is 2.51. The number of hydrogen-bond acceptors (Lipinski definition) is 6. The number of nitrogens with one attached hydrogen (secondary N) is 1. The lowest BCUT2D eigenvalue weighted by atomic mass is 9.84. The average molecular weight is 478 g/mol. The molecule has 9 heteroatoms. The molecule has 2 aromatic rings. The van der Waals surface area contributed by atoms with Gasteiger partial charge in [-0.15, -0.1) is 0 Å². The molecule has 3 unspecified atom stereocenters. The van der Waals surface area contributed by atoms with Crippen molar-refractivity contribution in [3.05, 3.63) is 60.7 Å². The minimum atomic E-state index is -0.333. The van der Waals surface area contributed by atoms with E-state index in [1.807, 2.05) is 72.6 Å². The number of anilines is 1. The smallest absolute Gasteiger partial charge is 0.260 e. The molecule has 3 saturated heterocycles. The number of likely N-dealkylation sites (tertiary alicyclic amines) is 1. The monoisotopic (exact) mass is 477 g/mol. The zero-order chi connectivity index (χ0) is 24.4. The Morgan fingerprint density at radius 1 is 0.914 bits per heavy atom. The van der Waals surface area contributed by atoms with Crippen molar-refractivity contribution in [1.82, 2.24) is 20.1 Å². The molecule has 35 heavy (non-hydrogen) atoms. The second-order valence-corrected chi connectivity index (χ2v) is 9.41. The van der Waals surface area contributed by atoms with Crippen molar-refractivity contribution in [2.45, 2.75) is 6.04 Å². The molecule has 9 nitrogen and oxygen atoms in total. The molecule has 3 aliphatic heterocycles. The van der Waals surface area contributed by atoms with Gasteiger partial charge in [0.1, 0.15) is 5.75 Å². The second kappa shape index (κ2) is 10.1. The SMILES string of the molecule is CN1CC(C(=O)N2CCN(C(=O)COc3ccccc3)CC2)C2NN(c3ccccc3)C(=O)C2C1. The molecule has 3 heterocycles. The van der Waals surface area contributed by atoms with Crippen LogP contribution in [-0.2, 0) is 14.4 Å². The first-order valence-corrected chi connectivity index (χ1v) is 12.1. The Balaban J connectivity index is 1.19. The van der Waals surface area contributed by atoms with Crippen LogP contribution in [0.2, 0.25) is 0 Å². The van der Waals surface area contributed by atoms with E-state index in [1.165, 1.54) is 0 Å². The van der Waals surface area contributed by atoms with Crippen molar-refractivity contribution in [2.24, 2.45) is 11.8 Å². The van der Waals surface area contributed by atoms with Crippen LogP contribution in [0.3, 0.4) is 0 Å². The minimum Gasteiger partial charge on any atom is -0.484 e. The van der Waals surface area contributed by atoms with Crippen molar-refractivity contribution < 1.29 is 19.1 Å². The molecule has 0 aliphatic carbocycles. The minimum absolute atomic E-state index is 0.000572. The van der Waals surface area contributed by atoms with Gasteiger partial charge in [-0.2, -0.15) is 0 Å². The number of rotatable bonds is 5. The largest absolute Gasteiger partial charge is 0.484 e. The molecular weight excluding hydrogens is 446 g/mol. The summed E-state index contributed by atoms with van der Waals surface area (Å²) < 4.78 is 5.58. The van der Waals surface area contributed by atoms with Crippen LogP contribution < -0.4 is 15.2 Å². The van der Waals surface area contributed by atoms with Crippen molar-refractivity contribution in [2.75, 3.05) is 57.9 Å². The number of benzene rings is 2. The Hall–Kier alpha value is -3.43. The highest BCUT2D eigenvalue weighted by Crippen LogP contribution is 2.32. The molecule has 0 bridgehead atoms. The summed E-state index contributed by atoms with van der Waals surface area (Å²) in [6.45, 7) is 3.09. The third-order valence-corrected chi connectivity index (χ3v) is 7.08. The molecule has 5 rings (SSSR count). The Bertz CT molecular complexity index is 1060. The van der Waals surface area contributed by atoms with E-state index >= 15 is 0 Å². The van der Waals surface area contributed by atoms with Crippen LogP contribution >= 0.6 is 0 Å². The fourth-order valence-corrected chi connectivity index (χ4v) is 5.22. The molecule has 0 spiro atoms. The average Bonchev–Trinajstić information content (AvgIpc) is 3.23. The number of piperidine rings is 1. The van der Waals surface area contributed by atoms with Gasteiger partial charge in [-0.05, 0) is 31.3 Å². The molecular formula is C26H31N5O4. The summed E-state index contributed by atoms with van der Waals surface area (Å²) in [4.78, 5) is 45.0. The summed E-state index contributed by atoms with van der Waals surface area (Å²) in [7, 11) is 1.96. The predicted octanol–water partition coefficient (Wildman–Crippen LogP) is 0.834. The van der Waals surface area contributed by atoms with Gasteiger partial charge in [0.15, 0.2) is 6.61 Å². The van der Waals surface area contributed by atoms with E-state index in [0.717, 1.165) is 5.69 Å². The number of carbonyl (C=O) groups excluding carboxylic acids is 3. The molecule has 3 aliphatic rings. The topological polar surface area (TPSA) is 85.4 Å². The highest BCUT2D eigenvalue weighted by molar-refractivity contribution is 5.98. The van der Waals surface area contributed by atoms with Gasteiger partial charge in [0.25, 0.3) is 5.91 Å². The van der Waals surface area contributed by atoms with E-state index < -0.39 is 0 Å². The number of carbonyl (C=O) groups is 3. The lowest BCUT2D eigenvalue weighted by molar-refractivity contribution is -0.145. The van der Waals surface area contributed by atoms with Crippen molar-refractivity contribution in [1.29, 1.82) is 0 Å². The first-order valence-electron chi connectivity index (χ1n) is 12.1. The van der Waals surface area contributed by atoms with Crippen LogP contribution in [0.15, 0.2) is 60.7 Å². The molecule has 1 N–H and O–H groups in total. The molecule has 3 amide bonds. The number of amides is 3. The molecule has 0 saturated carbocycles. The Morgan fingerprint density at radius 2 is 1.54 bits per heavy atom. The van der Waals surface area contributed by atoms with Gasteiger partial charge < -0.3 is 19.4 Å². The van der Waals surface area contributed by atoms with Gasteiger partial charge in [-0.25, -0.2) is 10.4 Å². The number of ether oxygens (including phenoxy) is 1. The molecule has 0 aromatic heterocycles. The van der Waals surface area contributed by atoms with E-state index in [9.17, 15) is 14.4 Å². The molecule has 0 radical (unpaired) electrons. The molecule has 2 aromatic carbocycles. The summed E-state index contributed by atoms with van der Waals surface area (Å²) in [6.07, 6.45) is 0. The predicted molar refractivity (Wildman–Crippen MR) is 130 cm³/mol. The van der Waals surface area contributed by atoms with Gasteiger partial charge in [0.2, 0.25) is 11.8 Å². The number of hydrazine groups is 1. The number of para-hydroxylation sites is 2. The standard InChI is InChI=1S/C26H31N5O4/c1-28-16-21(24-22(17-28)26(34)31(27-24)19-8-4-2-5-9-19)25(33)30-14-12-29(13-15-30)23(32)18-35-20-10-6-3-7-11-20/h2-11,21-22,24,27H,12-18H2,1H3. The van der Waals surface area contributed by atoms with E-state index in [0.29, 0.717) is 45.0 Å². The van der Waals surface area contributed by atoms with E-state index in [2.05, 4.69) is 10.3 Å². The highest BCUT2D eigenvalue weighted by atomic mass is 16.5. The fourth-order valence-electron chi connectivity index (χ4n) is 5.22.